The maximum absolute atomic E-state index is 5.21. The molecule has 0 spiro atoms. The van der Waals surface area contributed by atoms with Crippen molar-refractivity contribution in [3.63, 3.8) is 0 Å². The van der Waals surface area contributed by atoms with Gasteiger partial charge in [-0.15, -0.1) is 0 Å². The van der Waals surface area contributed by atoms with Crippen molar-refractivity contribution in [1.29, 1.82) is 0 Å². The molecule has 0 bridgehead atoms. The van der Waals surface area contributed by atoms with Crippen LogP contribution in [0.5, 0.6) is 0 Å². The van der Waals surface area contributed by atoms with Gasteiger partial charge >= 0.3 is 0 Å². The zero-order chi connectivity index (χ0) is 12.3. The van der Waals surface area contributed by atoms with Crippen LogP contribution in [0.4, 0.5) is 0 Å². The third kappa shape index (κ3) is 2.80. The minimum Gasteiger partial charge on any atom is -0.343 e. The summed E-state index contributed by atoms with van der Waals surface area (Å²) in [6.45, 7) is 4.24. The van der Waals surface area contributed by atoms with Gasteiger partial charge in [0.25, 0.3) is 0 Å². The highest BCUT2D eigenvalue weighted by Gasteiger charge is 2.03. The van der Waals surface area contributed by atoms with Gasteiger partial charge in [0.2, 0.25) is 0 Å². The number of nitrogens with zero attached hydrogens (tertiary/aromatic N) is 1. The predicted molar refractivity (Wildman–Crippen MR) is 73.6 cm³/mol. The molecule has 0 atom stereocenters. The maximum Gasteiger partial charge on any atom is 0.130 e. The summed E-state index contributed by atoms with van der Waals surface area (Å²) in [6, 6.07) is 10.2. The molecule has 2 aromatic rings. The molecule has 3 heteroatoms. The molecular weight excluding hydrogens is 228 g/mol. The largest absolute Gasteiger partial charge is 0.343 e. The Morgan fingerprint density at radius 1 is 1.29 bits per heavy atom. The lowest BCUT2D eigenvalue weighted by Crippen LogP contribution is -1.97. The molecule has 0 aliphatic rings. The van der Waals surface area contributed by atoms with Crippen molar-refractivity contribution >= 4 is 12.2 Å². The number of aromatic nitrogens is 2. The minimum absolute atomic E-state index is 0.658. The fraction of sp³-hybridized carbons (Fsp3) is 0.286. The van der Waals surface area contributed by atoms with E-state index in [1.165, 1.54) is 11.1 Å². The van der Waals surface area contributed by atoms with Crippen molar-refractivity contribution in [2.75, 3.05) is 0 Å². The molecule has 1 aromatic heterocycles. The average molecular weight is 244 g/mol. The number of benzene rings is 1. The van der Waals surface area contributed by atoms with Crippen molar-refractivity contribution in [2.45, 2.75) is 26.7 Å². The molecule has 2 rings (SSSR count). The van der Waals surface area contributed by atoms with Crippen molar-refractivity contribution < 1.29 is 0 Å². The van der Waals surface area contributed by atoms with E-state index in [1.54, 1.807) is 0 Å². The summed E-state index contributed by atoms with van der Waals surface area (Å²) in [5.41, 5.74) is 3.50. The summed E-state index contributed by atoms with van der Waals surface area (Å²) in [4.78, 5) is 7.70. The molecule has 0 fully saturated rings. The smallest absolute Gasteiger partial charge is 0.130 e. The maximum atomic E-state index is 5.21. The molecule has 0 aliphatic heterocycles. The van der Waals surface area contributed by atoms with Crippen LogP contribution in [0.3, 0.4) is 0 Å². The zero-order valence-corrected chi connectivity index (χ0v) is 11.0. The predicted octanol–water partition coefficient (Wildman–Crippen LogP) is 4.07. The van der Waals surface area contributed by atoms with Crippen LogP contribution in [0.25, 0.3) is 11.3 Å². The van der Waals surface area contributed by atoms with Gasteiger partial charge in [0.05, 0.1) is 0 Å². The van der Waals surface area contributed by atoms with Gasteiger partial charge in [-0.05, 0) is 25.0 Å². The number of hydrogen-bond donors (Lipinski definition) is 1. The van der Waals surface area contributed by atoms with E-state index >= 15 is 0 Å². The average Bonchev–Trinajstić information content (AvgIpc) is 2.29. The third-order valence-electron chi connectivity index (χ3n) is 2.71. The molecule has 0 amide bonds. The van der Waals surface area contributed by atoms with Crippen LogP contribution in [-0.4, -0.2) is 9.97 Å². The Labute approximate surface area is 107 Å². The lowest BCUT2D eigenvalue weighted by molar-refractivity contribution is 0.833. The van der Waals surface area contributed by atoms with Gasteiger partial charge in [-0.1, -0.05) is 43.4 Å². The summed E-state index contributed by atoms with van der Waals surface area (Å²) in [7, 11) is 0. The van der Waals surface area contributed by atoms with Crippen LogP contribution in [0.2, 0.25) is 0 Å². The summed E-state index contributed by atoms with van der Waals surface area (Å²) >= 11 is 5.21. The number of nitrogens with one attached hydrogen (secondary N) is 1. The molecule has 88 valence electrons. The molecule has 0 saturated carbocycles. The van der Waals surface area contributed by atoms with Gasteiger partial charge in [0.1, 0.15) is 10.5 Å². The Balaban J connectivity index is 2.52. The summed E-state index contributed by atoms with van der Waals surface area (Å²) in [5.74, 6) is 0.971. The SMILES string of the molecule is CCCc1nc(=S)cc(-c2ccccc2C)[nH]1. The first-order chi connectivity index (χ1) is 8.20. The molecule has 0 aliphatic carbocycles. The van der Waals surface area contributed by atoms with Gasteiger partial charge in [-0.2, -0.15) is 0 Å². The molecule has 0 saturated heterocycles. The van der Waals surface area contributed by atoms with E-state index < -0.39 is 0 Å². The number of aromatic amines is 1. The van der Waals surface area contributed by atoms with E-state index in [0.717, 1.165) is 24.4 Å². The quantitative estimate of drug-likeness (QED) is 0.825. The van der Waals surface area contributed by atoms with Gasteiger partial charge in [-0.3, -0.25) is 0 Å². The Bertz CT molecular complexity index is 572. The number of rotatable bonds is 3. The Morgan fingerprint density at radius 3 is 2.76 bits per heavy atom. The second kappa shape index (κ2) is 5.23. The topological polar surface area (TPSA) is 28.7 Å². The zero-order valence-electron chi connectivity index (χ0n) is 10.2. The van der Waals surface area contributed by atoms with E-state index in [2.05, 4.69) is 35.9 Å². The highest BCUT2D eigenvalue weighted by atomic mass is 32.1. The molecule has 0 radical (unpaired) electrons. The first-order valence-corrected chi connectivity index (χ1v) is 6.27. The molecule has 0 unspecified atom stereocenters. The van der Waals surface area contributed by atoms with E-state index in [-0.39, 0.29) is 0 Å². The summed E-state index contributed by atoms with van der Waals surface area (Å²) in [6.07, 6.45) is 2.00. The third-order valence-corrected chi connectivity index (χ3v) is 2.92. The van der Waals surface area contributed by atoms with Crippen molar-refractivity contribution in [2.24, 2.45) is 0 Å². The highest BCUT2D eigenvalue weighted by Crippen LogP contribution is 2.21. The van der Waals surface area contributed by atoms with E-state index in [1.807, 2.05) is 18.2 Å². The van der Waals surface area contributed by atoms with Crippen LogP contribution in [0, 0.1) is 11.6 Å². The minimum atomic E-state index is 0.658. The van der Waals surface area contributed by atoms with Crippen LogP contribution in [0.1, 0.15) is 24.7 Å². The van der Waals surface area contributed by atoms with E-state index in [4.69, 9.17) is 12.2 Å². The van der Waals surface area contributed by atoms with E-state index in [0.29, 0.717) is 4.64 Å². The van der Waals surface area contributed by atoms with Crippen LogP contribution in [0.15, 0.2) is 30.3 Å². The Kier molecular flexibility index (Phi) is 3.69. The van der Waals surface area contributed by atoms with Gasteiger partial charge < -0.3 is 4.98 Å². The monoisotopic (exact) mass is 244 g/mol. The van der Waals surface area contributed by atoms with Gasteiger partial charge in [0, 0.05) is 17.7 Å². The molecule has 17 heavy (non-hydrogen) atoms. The Morgan fingerprint density at radius 2 is 2.06 bits per heavy atom. The van der Waals surface area contributed by atoms with E-state index in [9.17, 15) is 0 Å². The number of aryl methyl sites for hydroxylation is 2. The fourth-order valence-corrected chi connectivity index (χ4v) is 2.11. The summed E-state index contributed by atoms with van der Waals surface area (Å²) < 4.78 is 0.658. The number of hydrogen-bond acceptors (Lipinski definition) is 2. The summed E-state index contributed by atoms with van der Waals surface area (Å²) in [5, 5.41) is 0. The molecule has 1 heterocycles. The second-order valence-electron chi connectivity index (χ2n) is 4.14. The van der Waals surface area contributed by atoms with Crippen LogP contribution < -0.4 is 0 Å². The van der Waals surface area contributed by atoms with Crippen LogP contribution >= 0.6 is 12.2 Å². The molecule has 2 nitrogen and oxygen atoms in total. The Hall–Kier alpha value is -1.48. The lowest BCUT2D eigenvalue weighted by atomic mass is 10.1. The lowest BCUT2D eigenvalue weighted by Gasteiger charge is -2.08. The van der Waals surface area contributed by atoms with Crippen molar-refractivity contribution in [3.8, 4) is 11.3 Å². The fourth-order valence-electron chi connectivity index (χ4n) is 1.88. The van der Waals surface area contributed by atoms with Crippen molar-refractivity contribution in [1.82, 2.24) is 9.97 Å². The second-order valence-corrected chi connectivity index (χ2v) is 4.56. The first-order valence-electron chi connectivity index (χ1n) is 5.87. The van der Waals surface area contributed by atoms with Crippen LogP contribution in [-0.2, 0) is 6.42 Å². The molecule has 1 aromatic carbocycles. The highest BCUT2D eigenvalue weighted by molar-refractivity contribution is 7.71. The van der Waals surface area contributed by atoms with Crippen molar-refractivity contribution in [3.05, 3.63) is 46.4 Å². The van der Waals surface area contributed by atoms with Gasteiger partial charge in [0.15, 0.2) is 0 Å². The first kappa shape index (κ1) is 12.0. The molecule has 1 N–H and O–H groups in total. The normalized spacial score (nSPS) is 10.5. The standard InChI is InChI=1S/C14H16N2S/c1-3-6-13-15-12(9-14(17)16-13)11-8-5-4-7-10(11)2/h4-5,7-9H,3,6H2,1-2H3,(H,15,16,17). The van der Waals surface area contributed by atoms with Gasteiger partial charge in [-0.25, -0.2) is 4.98 Å². The molecular formula is C14H16N2S. The number of H-pyrrole nitrogens is 1.